The molecule has 4 aliphatic heterocycles. The van der Waals surface area contributed by atoms with E-state index >= 15 is 4.39 Å². The summed E-state index contributed by atoms with van der Waals surface area (Å²) in [6, 6.07) is 11.6. The molecule has 0 aliphatic carbocycles. The highest BCUT2D eigenvalue weighted by Crippen LogP contribution is 2.40. The second kappa shape index (κ2) is 12.6. The minimum absolute atomic E-state index is 0.0377. The highest BCUT2D eigenvalue weighted by Gasteiger charge is 2.52. The third kappa shape index (κ3) is 5.58. The molecule has 4 fully saturated rings. The number of alkyl halides is 1. The van der Waals surface area contributed by atoms with E-state index in [-0.39, 0.29) is 29.2 Å². The van der Waals surface area contributed by atoms with Crippen molar-refractivity contribution in [2.75, 3.05) is 51.4 Å². The van der Waals surface area contributed by atoms with Crippen LogP contribution in [0.4, 0.5) is 14.6 Å². The monoisotopic (exact) mass is 662 g/mol. The number of fused-ring (bicyclic) bond motifs is 3. The summed E-state index contributed by atoms with van der Waals surface area (Å²) >= 11 is 6.51. The van der Waals surface area contributed by atoms with E-state index in [0.717, 1.165) is 18.4 Å². The van der Waals surface area contributed by atoms with E-state index in [2.05, 4.69) is 26.4 Å². The average molecular weight is 663 g/mol. The number of piperazine rings is 1. The minimum Gasteiger partial charge on any atom is -0.467 e. The topological polar surface area (TPSA) is 83.9 Å². The first kappa shape index (κ1) is 31.7. The van der Waals surface area contributed by atoms with E-state index in [4.69, 9.17) is 21.1 Å². The minimum atomic E-state index is -0.591. The van der Waals surface area contributed by atoms with Gasteiger partial charge in [0.15, 0.2) is 5.82 Å². The summed E-state index contributed by atoms with van der Waals surface area (Å²) in [6.45, 7) is 9.20. The zero-order chi connectivity index (χ0) is 32.9. The number of benzene rings is 2. The molecule has 47 heavy (non-hydrogen) atoms. The van der Waals surface area contributed by atoms with Crippen LogP contribution in [0.1, 0.15) is 26.2 Å². The number of carbonyl (C=O) groups is 1. The molecule has 3 atom stereocenters. The molecule has 8 rings (SSSR count). The normalized spacial score (nSPS) is 23.4. The highest BCUT2D eigenvalue weighted by atomic mass is 35.5. The van der Waals surface area contributed by atoms with Gasteiger partial charge in [0.25, 0.3) is 0 Å². The molecule has 0 radical (unpaired) electrons. The number of halogens is 3. The van der Waals surface area contributed by atoms with Crippen LogP contribution >= 0.6 is 11.6 Å². The van der Waals surface area contributed by atoms with E-state index in [1.807, 2.05) is 41.0 Å². The van der Waals surface area contributed by atoms with Crippen LogP contribution in [0.15, 0.2) is 55.3 Å². The number of hydrogen-bond acceptors (Lipinski definition) is 8. The van der Waals surface area contributed by atoms with Crippen LogP contribution in [-0.2, 0) is 9.53 Å². The number of aromatic nitrogens is 3. The molecule has 4 aromatic rings. The van der Waals surface area contributed by atoms with Crippen molar-refractivity contribution in [2.45, 2.75) is 50.0 Å². The van der Waals surface area contributed by atoms with Gasteiger partial charge in [-0.3, -0.25) is 14.7 Å². The number of anilines is 1. The van der Waals surface area contributed by atoms with Gasteiger partial charge in [0.2, 0.25) is 5.91 Å². The number of carbonyl (C=O) groups excluding carboxylic acids is 1. The largest absolute Gasteiger partial charge is 0.467 e. The molecule has 2 aromatic heterocycles. The van der Waals surface area contributed by atoms with E-state index in [1.54, 1.807) is 18.3 Å². The van der Waals surface area contributed by atoms with E-state index in [9.17, 15) is 9.18 Å². The maximum atomic E-state index is 16.2. The summed E-state index contributed by atoms with van der Waals surface area (Å²) in [5.41, 5.74) is 0.278. The van der Waals surface area contributed by atoms with Crippen molar-refractivity contribution in [3.8, 4) is 17.3 Å². The Kier molecular flexibility index (Phi) is 8.48. The fourth-order valence-electron chi connectivity index (χ4n) is 7.70. The van der Waals surface area contributed by atoms with Gasteiger partial charge < -0.3 is 19.3 Å². The molecule has 2 aromatic carbocycles. The molecule has 6 heterocycles. The first-order chi connectivity index (χ1) is 22.7. The molecular formula is C35H37ClF2N6O3. The Morgan fingerprint density at radius 3 is 2.68 bits per heavy atom. The van der Waals surface area contributed by atoms with Gasteiger partial charge in [0, 0.05) is 53.9 Å². The summed E-state index contributed by atoms with van der Waals surface area (Å²) in [4.78, 5) is 32.4. The molecule has 12 heteroatoms. The van der Waals surface area contributed by atoms with Crippen LogP contribution in [0.5, 0.6) is 6.01 Å². The number of pyridine rings is 1. The second-order valence-corrected chi connectivity index (χ2v) is 13.3. The number of nitrogens with zero attached hydrogens (tertiary/aromatic N) is 6. The summed E-state index contributed by atoms with van der Waals surface area (Å²) in [5.74, 6) is -0.242. The van der Waals surface area contributed by atoms with Crippen molar-refractivity contribution in [1.29, 1.82) is 0 Å². The summed E-state index contributed by atoms with van der Waals surface area (Å²) in [5, 5.41) is 2.55. The lowest BCUT2D eigenvalue weighted by molar-refractivity contribution is -0.172. The van der Waals surface area contributed by atoms with Gasteiger partial charge in [-0.15, -0.1) is 0 Å². The number of amides is 1. The van der Waals surface area contributed by atoms with Crippen LogP contribution in [-0.4, -0.2) is 101 Å². The van der Waals surface area contributed by atoms with Crippen LogP contribution in [0.3, 0.4) is 0 Å². The van der Waals surface area contributed by atoms with Crippen LogP contribution in [0, 0.1) is 5.82 Å². The Balaban J connectivity index is 0.000000334. The van der Waals surface area contributed by atoms with Crippen LogP contribution in [0.25, 0.3) is 32.9 Å². The standard InChI is InChI=1S/C28H25ClFN5O3.C7H12FN/c1-4-21(36)35-16(2)12-34(13-28(35)14-38-15-28)26-19-11-31-24(23(30)25(19)32-27(33-26)37-3)18-9-5-7-17-8-6-10-20(29)22(17)18;8-6-4-7-2-1-3-9(7)5-6/h4-11,16H,1,12-15H2,2-3H3;6-7H,1-5H2. The Morgan fingerprint density at radius 1 is 1.19 bits per heavy atom. The molecule has 0 bridgehead atoms. The second-order valence-electron chi connectivity index (χ2n) is 12.8. The van der Waals surface area contributed by atoms with Crippen LogP contribution < -0.4 is 9.64 Å². The fraction of sp³-hybridized carbons (Fsp3) is 0.429. The van der Waals surface area contributed by atoms with Crippen LogP contribution in [0.2, 0.25) is 5.02 Å². The summed E-state index contributed by atoms with van der Waals surface area (Å²) < 4.78 is 39.8. The molecule has 4 saturated heterocycles. The third-order valence-corrected chi connectivity index (χ3v) is 10.1. The number of rotatable bonds is 4. The maximum absolute atomic E-state index is 16.2. The molecule has 4 aliphatic rings. The maximum Gasteiger partial charge on any atom is 0.318 e. The molecule has 9 nitrogen and oxygen atoms in total. The highest BCUT2D eigenvalue weighted by molar-refractivity contribution is 6.36. The fourth-order valence-corrected chi connectivity index (χ4v) is 7.99. The lowest BCUT2D eigenvalue weighted by Gasteiger charge is -2.57. The van der Waals surface area contributed by atoms with Gasteiger partial charge in [-0.2, -0.15) is 9.97 Å². The first-order valence-corrected chi connectivity index (χ1v) is 16.3. The average Bonchev–Trinajstić information content (AvgIpc) is 3.64. The van der Waals surface area contributed by atoms with Crippen molar-refractivity contribution in [2.24, 2.45) is 0 Å². The van der Waals surface area contributed by atoms with Crippen molar-refractivity contribution in [3.05, 3.63) is 66.1 Å². The summed E-state index contributed by atoms with van der Waals surface area (Å²) in [7, 11) is 1.44. The number of ether oxygens (including phenoxy) is 2. The molecule has 246 valence electrons. The number of hydrogen-bond donors (Lipinski definition) is 0. The van der Waals surface area contributed by atoms with Crippen molar-refractivity contribution in [3.63, 3.8) is 0 Å². The van der Waals surface area contributed by atoms with Crippen molar-refractivity contribution in [1.82, 2.24) is 24.8 Å². The van der Waals surface area contributed by atoms with Gasteiger partial charge in [-0.1, -0.05) is 48.5 Å². The molecule has 0 N–H and O–H groups in total. The molecule has 1 spiro atoms. The predicted molar refractivity (Wildman–Crippen MR) is 178 cm³/mol. The Labute approximate surface area is 277 Å². The Bertz CT molecular complexity index is 1840. The van der Waals surface area contributed by atoms with Crippen molar-refractivity contribution < 1.29 is 23.0 Å². The van der Waals surface area contributed by atoms with Gasteiger partial charge in [0.1, 0.15) is 28.7 Å². The SMILES string of the molecule is C=CC(=O)N1C(C)CN(c2nc(OC)nc3c(F)c(-c4cccc5cccc(Cl)c45)ncc23)CC12COC2.FC1CC2CCCN2C1. The lowest BCUT2D eigenvalue weighted by Crippen LogP contribution is -2.75. The van der Waals surface area contributed by atoms with E-state index in [0.29, 0.717) is 66.1 Å². The van der Waals surface area contributed by atoms with Gasteiger partial charge in [0.05, 0.1) is 25.7 Å². The molecule has 0 saturated carbocycles. The van der Waals surface area contributed by atoms with Gasteiger partial charge in [-0.05, 0) is 50.3 Å². The lowest BCUT2D eigenvalue weighted by atomic mass is 9.88. The molecular weight excluding hydrogens is 626 g/mol. The zero-order valence-electron chi connectivity index (χ0n) is 26.5. The molecule has 1 amide bonds. The Hall–Kier alpha value is -3.93. The molecule has 3 unspecified atom stereocenters. The van der Waals surface area contributed by atoms with Crippen molar-refractivity contribution >= 4 is 45.0 Å². The first-order valence-electron chi connectivity index (χ1n) is 16.0. The van der Waals surface area contributed by atoms with Gasteiger partial charge in [-0.25, -0.2) is 8.78 Å². The Morgan fingerprint density at radius 2 is 1.98 bits per heavy atom. The summed E-state index contributed by atoms with van der Waals surface area (Å²) in [6.07, 6.45) is 5.73. The predicted octanol–water partition coefficient (Wildman–Crippen LogP) is 5.83. The van der Waals surface area contributed by atoms with Gasteiger partial charge >= 0.3 is 6.01 Å². The van der Waals surface area contributed by atoms with E-state index < -0.39 is 17.5 Å². The third-order valence-electron chi connectivity index (χ3n) is 9.77. The smallest absolute Gasteiger partial charge is 0.318 e. The number of methoxy groups -OCH3 is 1. The quantitative estimate of drug-likeness (QED) is 0.253. The zero-order valence-corrected chi connectivity index (χ0v) is 27.2. The van der Waals surface area contributed by atoms with E-state index in [1.165, 1.54) is 26.0 Å².